The molecule has 2 aliphatic rings. The Bertz CT molecular complexity index is 384. The van der Waals surface area contributed by atoms with Crippen molar-refractivity contribution in [3.05, 3.63) is 29.8 Å². The highest BCUT2D eigenvalue weighted by atomic mass is 16.5. The van der Waals surface area contributed by atoms with Crippen LogP contribution in [0.25, 0.3) is 0 Å². The minimum atomic E-state index is -0.527. The zero-order valence-electron chi connectivity index (χ0n) is 10.4. The molecule has 92 valence electrons. The monoisotopic (exact) mass is 232 g/mol. The van der Waals surface area contributed by atoms with Crippen molar-refractivity contribution < 1.29 is 9.84 Å². The first kappa shape index (κ1) is 11.1. The summed E-state index contributed by atoms with van der Waals surface area (Å²) in [6.07, 6.45) is 4.93. The van der Waals surface area contributed by atoms with Gasteiger partial charge in [0.25, 0.3) is 0 Å². The van der Waals surface area contributed by atoms with Crippen LogP contribution in [0, 0.1) is 11.8 Å². The Balaban J connectivity index is 1.80. The van der Waals surface area contributed by atoms with E-state index in [4.69, 9.17) is 4.74 Å². The van der Waals surface area contributed by atoms with Crippen LogP contribution in [0.1, 0.15) is 38.2 Å². The lowest BCUT2D eigenvalue weighted by atomic mass is 10.0. The number of hydrogen-bond donors (Lipinski definition) is 1. The summed E-state index contributed by atoms with van der Waals surface area (Å²) in [6, 6.07) is 8.01. The highest BCUT2D eigenvalue weighted by Gasteiger charge is 2.64. The van der Waals surface area contributed by atoms with Crippen molar-refractivity contribution in [2.45, 2.75) is 38.2 Å². The zero-order chi connectivity index (χ0) is 11.9. The fourth-order valence-electron chi connectivity index (χ4n) is 3.51. The van der Waals surface area contributed by atoms with Crippen molar-refractivity contribution in [2.75, 3.05) is 6.61 Å². The van der Waals surface area contributed by atoms with Gasteiger partial charge in [-0.1, -0.05) is 25.0 Å². The van der Waals surface area contributed by atoms with Crippen LogP contribution in [0.15, 0.2) is 24.3 Å². The van der Waals surface area contributed by atoms with Crippen LogP contribution in [0.3, 0.4) is 0 Å². The number of ether oxygens (including phenoxy) is 1. The maximum Gasteiger partial charge on any atom is 0.119 e. The number of hydrogen-bond acceptors (Lipinski definition) is 2. The molecule has 2 nitrogen and oxygen atoms in total. The Hall–Kier alpha value is -1.02. The quantitative estimate of drug-likeness (QED) is 0.867. The highest BCUT2D eigenvalue weighted by molar-refractivity contribution is 5.37. The van der Waals surface area contributed by atoms with E-state index in [2.05, 4.69) is 0 Å². The average Bonchev–Trinajstić information content (AvgIpc) is 2.99. The summed E-state index contributed by atoms with van der Waals surface area (Å²) >= 11 is 0. The van der Waals surface area contributed by atoms with Gasteiger partial charge in [0, 0.05) is 0 Å². The third kappa shape index (κ3) is 1.66. The SMILES string of the molecule is CCOc1ccc(C2(O)C3CCCCC32)cc1. The van der Waals surface area contributed by atoms with E-state index < -0.39 is 5.60 Å². The second-order valence-corrected chi connectivity index (χ2v) is 5.28. The molecule has 0 heterocycles. The molecule has 2 aliphatic carbocycles. The van der Waals surface area contributed by atoms with E-state index >= 15 is 0 Å². The molecule has 0 spiro atoms. The van der Waals surface area contributed by atoms with E-state index in [1.807, 2.05) is 31.2 Å². The topological polar surface area (TPSA) is 29.5 Å². The van der Waals surface area contributed by atoms with Gasteiger partial charge in [-0.15, -0.1) is 0 Å². The van der Waals surface area contributed by atoms with Crippen LogP contribution in [0.2, 0.25) is 0 Å². The molecule has 0 amide bonds. The maximum absolute atomic E-state index is 10.7. The van der Waals surface area contributed by atoms with Crippen molar-refractivity contribution in [1.82, 2.24) is 0 Å². The summed E-state index contributed by atoms with van der Waals surface area (Å²) < 4.78 is 5.43. The lowest BCUT2D eigenvalue weighted by Crippen LogP contribution is -2.10. The first-order chi connectivity index (χ1) is 8.26. The van der Waals surface area contributed by atoms with Gasteiger partial charge in [0.2, 0.25) is 0 Å². The molecule has 2 fully saturated rings. The second kappa shape index (κ2) is 4.02. The molecule has 0 aliphatic heterocycles. The van der Waals surface area contributed by atoms with E-state index in [1.165, 1.54) is 25.7 Å². The van der Waals surface area contributed by atoms with Gasteiger partial charge in [0.15, 0.2) is 0 Å². The summed E-state index contributed by atoms with van der Waals surface area (Å²) in [6.45, 7) is 2.67. The lowest BCUT2D eigenvalue weighted by molar-refractivity contribution is 0.118. The van der Waals surface area contributed by atoms with Crippen molar-refractivity contribution >= 4 is 0 Å². The molecule has 2 atom stereocenters. The van der Waals surface area contributed by atoms with Gasteiger partial charge >= 0.3 is 0 Å². The van der Waals surface area contributed by atoms with E-state index in [1.54, 1.807) is 0 Å². The third-order valence-electron chi connectivity index (χ3n) is 4.42. The fraction of sp³-hybridized carbons (Fsp3) is 0.600. The number of fused-ring (bicyclic) bond motifs is 1. The van der Waals surface area contributed by atoms with Crippen LogP contribution in [-0.4, -0.2) is 11.7 Å². The average molecular weight is 232 g/mol. The second-order valence-electron chi connectivity index (χ2n) is 5.28. The Morgan fingerprint density at radius 1 is 1.18 bits per heavy atom. The maximum atomic E-state index is 10.7. The summed E-state index contributed by atoms with van der Waals surface area (Å²) in [5.74, 6) is 1.91. The van der Waals surface area contributed by atoms with Gasteiger partial charge in [0.1, 0.15) is 5.75 Å². The number of aliphatic hydroxyl groups is 1. The van der Waals surface area contributed by atoms with E-state index in [9.17, 15) is 5.11 Å². The Labute approximate surface area is 103 Å². The molecule has 1 N–H and O–H groups in total. The number of benzene rings is 1. The van der Waals surface area contributed by atoms with E-state index in [0.29, 0.717) is 18.4 Å². The van der Waals surface area contributed by atoms with Gasteiger partial charge in [0.05, 0.1) is 12.2 Å². The Morgan fingerprint density at radius 3 is 2.29 bits per heavy atom. The third-order valence-corrected chi connectivity index (χ3v) is 4.42. The van der Waals surface area contributed by atoms with Gasteiger partial charge in [-0.05, 0) is 49.3 Å². The Kier molecular flexibility index (Phi) is 2.62. The highest BCUT2D eigenvalue weighted by Crippen LogP contribution is 2.64. The minimum absolute atomic E-state index is 0.509. The summed E-state index contributed by atoms with van der Waals surface area (Å²) in [4.78, 5) is 0. The van der Waals surface area contributed by atoms with Crippen molar-refractivity contribution in [3.8, 4) is 5.75 Å². The first-order valence-electron chi connectivity index (χ1n) is 6.72. The molecule has 1 aromatic rings. The standard InChI is InChI=1S/C15H20O2/c1-2-17-12-9-7-11(8-10-12)15(16)13-5-3-4-6-14(13)15/h7-10,13-14,16H,2-6H2,1H3. The molecular formula is C15H20O2. The molecule has 17 heavy (non-hydrogen) atoms. The van der Waals surface area contributed by atoms with Crippen LogP contribution >= 0.6 is 0 Å². The molecule has 3 rings (SSSR count). The molecule has 2 heteroatoms. The molecule has 1 aromatic carbocycles. The largest absolute Gasteiger partial charge is 0.494 e. The van der Waals surface area contributed by atoms with Crippen LogP contribution < -0.4 is 4.74 Å². The predicted octanol–water partition coefficient (Wildman–Crippen LogP) is 3.09. The summed E-state index contributed by atoms with van der Waals surface area (Å²) in [7, 11) is 0. The normalized spacial score (nSPS) is 35.2. The fourth-order valence-corrected chi connectivity index (χ4v) is 3.51. The van der Waals surface area contributed by atoms with E-state index in [0.717, 1.165) is 11.3 Å². The molecule has 2 unspecified atom stereocenters. The summed E-state index contributed by atoms with van der Waals surface area (Å²) in [5, 5.41) is 10.7. The molecule has 0 aromatic heterocycles. The predicted molar refractivity (Wildman–Crippen MR) is 67.0 cm³/mol. The molecule has 2 saturated carbocycles. The molecular weight excluding hydrogens is 212 g/mol. The first-order valence-corrected chi connectivity index (χ1v) is 6.72. The van der Waals surface area contributed by atoms with Crippen molar-refractivity contribution in [2.24, 2.45) is 11.8 Å². The lowest BCUT2D eigenvalue weighted by Gasteiger charge is -2.12. The van der Waals surface area contributed by atoms with Gasteiger partial charge in [-0.2, -0.15) is 0 Å². The molecule has 0 saturated heterocycles. The summed E-state index contributed by atoms with van der Waals surface area (Å²) in [5.41, 5.74) is 0.555. The van der Waals surface area contributed by atoms with Gasteiger partial charge in [-0.3, -0.25) is 0 Å². The van der Waals surface area contributed by atoms with E-state index in [-0.39, 0.29) is 0 Å². The van der Waals surface area contributed by atoms with Crippen molar-refractivity contribution in [1.29, 1.82) is 0 Å². The zero-order valence-corrected chi connectivity index (χ0v) is 10.4. The van der Waals surface area contributed by atoms with Gasteiger partial charge in [-0.25, -0.2) is 0 Å². The smallest absolute Gasteiger partial charge is 0.119 e. The van der Waals surface area contributed by atoms with Crippen LogP contribution in [-0.2, 0) is 5.60 Å². The van der Waals surface area contributed by atoms with Crippen molar-refractivity contribution in [3.63, 3.8) is 0 Å². The number of rotatable bonds is 3. The van der Waals surface area contributed by atoms with Gasteiger partial charge < -0.3 is 9.84 Å². The van der Waals surface area contributed by atoms with Crippen LogP contribution in [0.5, 0.6) is 5.75 Å². The molecule has 0 bridgehead atoms. The molecule has 0 radical (unpaired) electrons. The Morgan fingerprint density at radius 2 is 1.76 bits per heavy atom. The minimum Gasteiger partial charge on any atom is -0.494 e. The van der Waals surface area contributed by atoms with Crippen LogP contribution in [0.4, 0.5) is 0 Å².